The van der Waals surface area contributed by atoms with Crippen LogP contribution >= 0.6 is 10.9 Å². The van der Waals surface area contributed by atoms with Gasteiger partial charge in [-0.3, -0.25) is 0 Å². The topological polar surface area (TPSA) is 6.48 Å². The summed E-state index contributed by atoms with van der Waals surface area (Å²) in [4.78, 5) is 9.35. The molecule has 0 saturated carbocycles. The SMILES string of the molecule is CB1c2ccccc2[SH](c2cc3c4c(c2)N(c2ccccc2)c2ccccc2B4c2ccccc2N3c2ccccc2)c2ccccc21. The van der Waals surface area contributed by atoms with E-state index in [9.17, 15) is 0 Å². The minimum atomic E-state index is -0.816. The number of fused-ring (bicyclic) bond motifs is 6. The summed E-state index contributed by atoms with van der Waals surface area (Å²) in [5.74, 6) is 0. The van der Waals surface area contributed by atoms with Crippen LogP contribution in [0.4, 0.5) is 34.1 Å². The molecule has 0 N–H and O–H groups in total. The fraction of sp³-hybridized carbons (Fsp3) is 0.0233. The first-order valence-corrected chi connectivity index (χ1v) is 18.2. The van der Waals surface area contributed by atoms with Gasteiger partial charge in [-0.1, -0.05) is 139 Å². The van der Waals surface area contributed by atoms with Crippen LogP contribution in [0.25, 0.3) is 0 Å². The average Bonchev–Trinajstić information content (AvgIpc) is 3.15. The molecular formula is C43H32B2N2S. The number of thiol groups is 1. The van der Waals surface area contributed by atoms with Gasteiger partial charge in [-0.25, -0.2) is 0 Å². The highest BCUT2D eigenvalue weighted by Gasteiger charge is 2.44. The van der Waals surface area contributed by atoms with Crippen molar-refractivity contribution in [2.24, 2.45) is 0 Å². The standard InChI is InChI=1S/C43H32B2N2S/c1-44-35-22-10-14-26-41(35)48(42-27-15-11-23-36(42)44)32-28-39-43-40(29-32)47(31-18-6-3-7-19-31)38-25-13-9-21-34(38)45(43)33-20-8-12-24-37(33)46(39)30-16-4-2-5-17-30/h2-29,48H,1H3. The van der Waals surface area contributed by atoms with E-state index in [0.717, 1.165) is 0 Å². The molecule has 0 saturated heterocycles. The molecule has 5 heteroatoms. The van der Waals surface area contributed by atoms with Gasteiger partial charge < -0.3 is 9.80 Å². The van der Waals surface area contributed by atoms with Gasteiger partial charge in [0.2, 0.25) is 6.71 Å². The summed E-state index contributed by atoms with van der Waals surface area (Å²) < 4.78 is 0. The van der Waals surface area contributed by atoms with Crippen LogP contribution in [0, 0.1) is 0 Å². The zero-order valence-corrected chi connectivity index (χ0v) is 27.6. The molecule has 0 fully saturated rings. The number of hydrogen-bond donors (Lipinski definition) is 1. The molecule has 3 aliphatic heterocycles. The van der Waals surface area contributed by atoms with Crippen LogP contribution in [0.3, 0.4) is 0 Å². The Morgan fingerprint density at radius 2 is 0.812 bits per heavy atom. The first-order chi connectivity index (χ1) is 23.8. The Morgan fingerprint density at radius 3 is 1.29 bits per heavy atom. The quantitative estimate of drug-likeness (QED) is 0.157. The first kappa shape index (κ1) is 27.7. The summed E-state index contributed by atoms with van der Waals surface area (Å²) in [6.45, 7) is 2.85. The van der Waals surface area contributed by atoms with E-state index in [1.807, 2.05) is 0 Å². The number of para-hydroxylation sites is 4. The molecule has 226 valence electrons. The van der Waals surface area contributed by atoms with Gasteiger partial charge in [-0.15, -0.1) is 0 Å². The molecule has 0 unspecified atom stereocenters. The van der Waals surface area contributed by atoms with Crippen molar-refractivity contribution in [1.29, 1.82) is 0 Å². The number of rotatable bonds is 3. The second kappa shape index (κ2) is 10.8. The van der Waals surface area contributed by atoms with Gasteiger partial charge in [0, 0.05) is 34.1 Å². The fourth-order valence-corrected chi connectivity index (χ4v) is 11.3. The second-order valence-corrected chi connectivity index (χ2v) is 15.1. The van der Waals surface area contributed by atoms with Gasteiger partial charge in [0.15, 0.2) is 0 Å². The highest BCUT2D eigenvalue weighted by Crippen LogP contribution is 2.55. The van der Waals surface area contributed by atoms with E-state index in [2.05, 4.69) is 186 Å². The number of benzene rings is 7. The summed E-state index contributed by atoms with van der Waals surface area (Å²) in [6.07, 6.45) is 0. The minimum Gasteiger partial charge on any atom is -0.311 e. The molecule has 10 rings (SSSR count). The maximum absolute atomic E-state index is 2.54. The highest BCUT2D eigenvalue weighted by molar-refractivity contribution is 8.17. The molecule has 0 bridgehead atoms. The predicted octanol–water partition coefficient (Wildman–Crippen LogP) is 7.80. The molecule has 0 aromatic heterocycles. The summed E-state index contributed by atoms with van der Waals surface area (Å²) in [6, 6.07) is 63.4. The van der Waals surface area contributed by atoms with Crippen molar-refractivity contribution in [2.75, 3.05) is 9.80 Å². The molecule has 0 spiro atoms. The predicted molar refractivity (Wildman–Crippen MR) is 208 cm³/mol. The van der Waals surface area contributed by atoms with E-state index in [1.165, 1.54) is 76.1 Å². The number of hydrogen-bond acceptors (Lipinski definition) is 2. The van der Waals surface area contributed by atoms with E-state index in [-0.39, 0.29) is 6.71 Å². The molecule has 0 amide bonds. The molecule has 2 nitrogen and oxygen atoms in total. The van der Waals surface area contributed by atoms with Crippen molar-refractivity contribution in [3.8, 4) is 0 Å². The van der Waals surface area contributed by atoms with Crippen molar-refractivity contribution < 1.29 is 0 Å². The largest absolute Gasteiger partial charge is 0.311 e. The van der Waals surface area contributed by atoms with Gasteiger partial charge in [0.05, 0.1) is 0 Å². The van der Waals surface area contributed by atoms with E-state index < -0.39 is 10.9 Å². The van der Waals surface area contributed by atoms with Gasteiger partial charge in [0.1, 0.15) is 0 Å². The van der Waals surface area contributed by atoms with Gasteiger partial charge in [0.25, 0.3) is 6.71 Å². The molecule has 7 aromatic carbocycles. The Kier molecular flexibility index (Phi) is 6.25. The molecule has 48 heavy (non-hydrogen) atoms. The van der Waals surface area contributed by atoms with Crippen LogP contribution in [0.15, 0.2) is 185 Å². The number of anilines is 6. The van der Waals surface area contributed by atoms with Crippen LogP contribution in [-0.2, 0) is 0 Å². The summed E-state index contributed by atoms with van der Waals surface area (Å²) in [7, 11) is -0.816. The highest BCUT2D eigenvalue weighted by atomic mass is 32.2. The van der Waals surface area contributed by atoms with Crippen LogP contribution in [0.1, 0.15) is 0 Å². The van der Waals surface area contributed by atoms with Crippen molar-refractivity contribution in [1.82, 2.24) is 0 Å². The molecule has 3 aliphatic rings. The zero-order valence-electron chi connectivity index (χ0n) is 26.7. The summed E-state index contributed by atoms with van der Waals surface area (Å²) >= 11 is 0. The smallest absolute Gasteiger partial charge is 0.252 e. The monoisotopic (exact) mass is 630 g/mol. The van der Waals surface area contributed by atoms with Crippen LogP contribution < -0.4 is 37.1 Å². The van der Waals surface area contributed by atoms with Gasteiger partial charge in [-0.2, -0.15) is 10.9 Å². The van der Waals surface area contributed by atoms with E-state index in [0.29, 0.717) is 6.71 Å². The Balaban J connectivity index is 1.34. The Bertz CT molecular complexity index is 2200. The van der Waals surface area contributed by atoms with E-state index in [1.54, 1.807) is 0 Å². The maximum atomic E-state index is 2.54. The molecule has 0 aliphatic carbocycles. The molecule has 7 aromatic rings. The minimum absolute atomic E-state index is 0.120. The van der Waals surface area contributed by atoms with Crippen molar-refractivity contribution in [2.45, 2.75) is 21.5 Å². The third-order valence-corrected chi connectivity index (χ3v) is 13.0. The average molecular weight is 630 g/mol. The summed E-state index contributed by atoms with van der Waals surface area (Å²) in [5, 5.41) is 0. The van der Waals surface area contributed by atoms with Crippen molar-refractivity contribution in [3.63, 3.8) is 0 Å². The fourth-order valence-electron chi connectivity index (χ4n) is 8.41. The number of nitrogens with zero attached hydrogens (tertiary/aromatic N) is 2. The first-order valence-electron chi connectivity index (χ1n) is 16.8. The summed E-state index contributed by atoms with van der Waals surface area (Å²) in [5.41, 5.74) is 14.3. The van der Waals surface area contributed by atoms with E-state index in [4.69, 9.17) is 0 Å². The molecule has 0 radical (unpaired) electrons. The maximum Gasteiger partial charge on any atom is 0.252 e. The van der Waals surface area contributed by atoms with Crippen LogP contribution in [0.5, 0.6) is 0 Å². The normalized spacial score (nSPS) is 14.5. The van der Waals surface area contributed by atoms with Crippen molar-refractivity contribution in [3.05, 3.63) is 170 Å². The van der Waals surface area contributed by atoms with Crippen molar-refractivity contribution >= 4 is 85.8 Å². The lowest BCUT2D eigenvalue weighted by molar-refractivity contribution is 1.22. The van der Waals surface area contributed by atoms with Gasteiger partial charge in [-0.05, 0) is 79.6 Å². The lowest BCUT2D eigenvalue weighted by Crippen LogP contribution is -2.61. The van der Waals surface area contributed by atoms with Gasteiger partial charge >= 0.3 is 0 Å². The lowest BCUT2D eigenvalue weighted by Gasteiger charge is -2.45. The van der Waals surface area contributed by atoms with E-state index >= 15 is 0 Å². The van der Waals surface area contributed by atoms with Crippen LogP contribution in [-0.4, -0.2) is 13.4 Å². The Morgan fingerprint density at radius 1 is 0.417 bits per heavy atom. The lowest BCUT2D eigenvalue weighted by atomic mass is 9.33. The Labute approximate surface area is 285 Å². The zero-order chi connectivity index (χ0) is 31.8. The molecular weight excluding hydrogens is 598 g/mol. The molecule has 0 atom stereocenters. The Hall–Kier alpha value is -5.38. The molecule has 3 heterocycles. The van der Waals surface area contributed by atoms with Crippen LogP contribution in [0.2, 0.25) is 6.82 Å². The second-order valence-electron chi connectivity index (χ2n) is 13.0. The third kappa shape index (κ3) is 3.98. The third-order valence-electron chi connectivity index (χ3n) is 10.4.